The van der Waals surface area contributed by atoms with E-state index in [-0.39, 0.29) is 10.2 Å². The molecule has 94 valence electrons. The van der Waals surface area contributed by atoms with Crippen LogP contribution < -0.4 is 10.5 Å². The molecule has 0 fully saturated rings. The number of ether oxygens (including phenoxy) is 1. The highest BCUT2D eigenvalue weighted by Crippen LogP contribution is 2.34. The summed E-state index contributed by atoms with van der Waals surface area (Å²) < 4.78 is 19.0. The summed E-state index contributed by atoms with van der Waals surface area (Å²) in [7, 11) is 0. The Bertz CT molecular complexity index is 587. The van der Waals surface area contributed by atoms with Gasteiger partial charge in [-0.1, -0.05) is 23.2 Å². The van der Waals surface area contributed by atoms with E-state index in [4.69, 9.17) is 33.7 Å². The number of benzene rings is 2. The summed E-state index contributed by atoms with van der Waals surface area (Å²) in [5, 5.41) is 0.884. The summed E-state index contributed by atoms with van der Waals surface area (Å²) >= 11 is 14.8. The third-order valence-electron chi connectivity index (χ3n) is 2.12. The van der Waals surface area contributed by atoms with E-state index in [0.29, 0.717) is 21.5 Å². The average Bonchev–Trinajstić information content (AvgIpc) is 2.24. The fourth-order valence-corrected chi connectivity index (χ4v) is 2.18. The van der Waals surface area contributed by atoms with Gasteiger partial charge in [0.15, 0.2) is 5.75 Å². The highest BCUT2D eigenvalue weighted by molar-refractivity contribution is 9.10. The third-order valence-corrected chi connectivity index (χ3v) is 3.16. The second-order valence-corrected chi connectivity index (χ2v) is 5.24. The first-order chi connectivity index (χ1) is 8.45. The predicted octanol–water partition coefficient (Wildman–Crippen LogP) is 5.27. The Hall–Kier alpha value is -0.970. The van der Waals surface area contributed by atoms with Gasteiger partial charge >= 0.3 is 0 Å². The number of rotatable bonds is 2. The molecule has 2 nitrogen and oxygen atoms in total. The molecule has 0 heterocycles. The minimum Gasteiger partial charge on any atom is -0.455 e. The number of hydrogen-bond donors (Lipinski definition) is 1. The Morgan fingerprint density at radius 2 is 1.67 bits per heavy atom. The largest absolute Gasteiger partial charge is 0.455 e. The molecule has 6 heteroatoms. The van der Waals surface area contributed by atoms with Gasteiger partial charge in [0.25, 0.3) is 0 Å². The lowest BCUT2D eigenvalue weighted by Crippen LogP contribution is -1.94. The van der Waals surface area contributed by atoms with Crippen molar-refractivity contribution in [2.24, 2.45) is 0 Å². The molecule has 2 aromatic rings. The van der Waals surface area contributed by atoms with Gasteiger partial charge in [-0.2, -0.15) is 0 Å². The number of nitrogen functional groups attached to an aromatic ring is 1. The molecule has 0 aliphatic carbocycles. The number of nitrogens with two attached hydrogens (primary N) is 1. The van der Waals surface area contributed by atoms with Crippen molar-refractivity contribution in [2.45, 2.75) is 0 Å². The van der Waals surface area contributed by atoms with Crippen LogP contribution in [0, 0.1) is 5.82 Å². The SMILES string of the molecule is Nc1cc(F)c(Br)cc1Oc1cc(Cl)cc(Cl)c1. The zero-order chi connectivity index (χ0) is 13.3. The Morgan fingerprint density at radius 3 is 2.28 bits per heavy atom. The molecule has 0 aliphatic heterocycles. The van der Waals surface area contributed by atoms with Gasteiger partial charge in [-0.3, -0.25) is 0 Å². The fourth-order valence-electron chi connectivity index (χ4n) is 1.35. The van der Waals surface area contributed by atoms with E-state index >= 15 is 0 Å². The van der Waals surface area contributed by atoms with Crippen LogP contribution in [-0.4, -0.2) is 0 Å². The molecule has 2 aromatic carbocycles. The fraction of sp³-hybridized carbons (Fsp3) is 0. The Morgan fingerprint density at radius 1 is 1.06 bits per heavy atom. The van der Waals surface area contributed by atoms with Crippen LogP contribution in [0.1, 0.15) is 0 Å². The zero-order valence-electron chi connectivity index (χ0n) is 8.88. The molecule has 2 rings (SSSR count). The second-order valence-electron chi connectivity index (χ2n) is 3.51. The maximum atomic E-state index is 13.2. The molecule has 0 aliphatic rings. The molecule has 0 spiro atoms. The summed E-state index contributed by atoms with van der Waals surface area (Å²) in [6.45, 7) is 0. The molecule has 0 radical (unpaired) electrons. The van der Waals surface area contributed by atoms with Crippen molar-refractivity contribution in [1.29, 1.82) is 0 Å². The molecule has 2 N–H and O–H groups in total. The van der Waals surface area contributed by atoms with Crippen molar-refractivity contribution >= 4 is 44.8 Å². The normalized spacial score (nSPS) is 10.4. The molecular weight excluding hydrogens is 344 g/mol. The van der Waals surface area contributed by atoms with E-state index in [1.165, 1.54) is 12.1 Å². The minimum atomic E-state index is -0.455. The lowest BCUT2D eigenvalue weighted by atomic mass is 10.3. The number of hydrogen-bond acceptors (Lipinski definition) is 2. The number of halogens is 4. The molecule has 0 aromatic heterocycles. The summed E-state index contributed by atoms with van der Waals surface area (Å²) in [5.74, 6) is 0.295. The molecular formula is C12H7BrCl2FNO. The Balaban J connectivity index is 2.36. The van der Waals surface area contributed by atoms with Crippen LogP contribution in [0.4, 0.5) is 10.1 Å². The highest BCUT2D eigenvalue weighted by Gasteiger charge is 2.09. The maximum Gasteiger partial charge on any atom is 0.151 e. The summed E-state index contributed by atoms with van der Waals surface area (Å²) in [5.41, 5.74) is 5.85. The van der Waals surface area contributed by atoms with Gasteiger partial charge in [-0.05, 0) is 34.1 Å². The van der Waals surface area contributed by atoms with Gasteiger partial charge in [0, 0.05) is 22.2 Å². The van der Waals surface area contributed by atoms with Crippen molar-refractivity contribution < 1.29 is 9.13 Å². The quantitative estimate of drug-likeness (QED) is 0.749. The first kappa shape index (κ1) is 13.5. The number of anilines is 1. The maximum absolute atomic E-state index is 13.2. The monoisotopic (exact) mass is 349 g/mol. The molecule has 0 saturated heterocycles. The molecule has 0 saturated carbocycles. The van der Waals surface area contributed by atoms with Crippen LogP contribution >= 0.6 is 39.1 Å². The van der Waals surface area contributed by atoms with Gasteiger partial charge in [0.2, 0.25) is 0 Å². The second kappa shape index (κ2) is 5.34. The van der Waals surface area contributed by atoms with Gasteiger partial charge in [0.05, 0.1) is 10.2 Å². The van der Waals surface area contributed by atoms with Crippen molar-refractivity contribution in [2.75, 3.05) is 5.73 Å². The van der Waals surface area contributed by atoms with Crippen LogP contribution in [0.15, 0.2) is 34.8 Å². The Labute approximate surface area is 122 Å². The molecule has 0 unspecified atom stereocenters. The van der Waals surface area contributed by atoms with Crippen molar-refractivity contribution in [3.8, 4) is 11.5 Å². The predicted molar refractivity (Wildman–Crippen MR) is 75.0 cm³/mol. The average molecular weight is 351 g/mol. The molecule has 0 amide bonds. The topological polar surface area (TPSA) is 35.2 Å². The van der Waals surface area contributed by atoms with Gasteiger partial charge in [0.1, 0.15) is 11.6 Å². The van der Waals surface area contributed by atoms with Crippen molar-refractivity contribution in [1.82, 2.24) is 0 Å². The van der Waals surface area contributed by atoms with Crippen LogP contribution in [0.5, 0.6) is 11.5 Å². The lowest BCUT2D eigenvalue weighted by Gasteiger charge is -2.10. The van der Waals surface area contributed by atoms with Crippen LogP contribution in [0.3, 0.4) is 0 Å². The molecule has 0 bridgehead atoms. The molecule has 18 heavy (non-hydrogen) atoms. The summed E-state index contributed by atoms with van der Waals surface area (Å²) in [6.07, 6.45) is 0. The summed E-state index contributed by atoms with van der Waals surface area (Å²) in [6, 6.07) is 7.37. The standard InChI is InChI=1S/C12H7BrCl2FNO/c13-9-4-12(11(17)5-10(9)16)18-8-2-6(14)1-7(15)3-8/h1-5H,17H2. The van der Waals surface area contributed by atoms with Gasteiger partial charge in [-0.15, -0.1) is 0 Å². The van der Waals surface area contributed by atoms with Gasteiger partial charge in [-0.25, -0.2) is 4.39 Å². The minimum absolute atomic E-state index is 0.187. The lowest BCUT2D eigenvalue weighted by molar-refractivity contribution is 0.482. The van der Waals surface area contributed by atoms with Crippen molar-refractivity contribution in [3.63, 3.8) is 0 Å². The first-order valence-corrected chi connectivity index (χ1v) is 6.39. The van der Waals surface area contributed by atoms with E-state index in [1.807, 2.05) is 0 Å². The van der Waals surface area contributed by atoms with E-state index in [1.54, 1.807) is 18.2 Å². The van der Waals surface area contributed by atoms with Crippen molar-refractivity contribution in [3.05, 3.63) is 50.7 Å². The van der Waals surface area contributed by atoms with E-state index in [2.05, 4.69) is 15.9 Å². The first-order valence-electron chi connectivity index (χ1n) is 4.84. The van der Waals surface area contributed by atoms with Crippen LogP contribution in [0.25, 0.3) is 0 Å². The van der Waals surface area contributed by atoms with Gasteiger partial charge < -0.3 is 10.5 Å². The smallest absolute Gasteiger partial charge is 0.151 e. The Kier molecular flexibility index (Phi) is 4.00. The highest BCUT2D eigenvalue weighted by atomic mass is 79.9. The van der Waals surface area contributed by atoms with Crippen LogP contribution in [-0.2, 0) is 0 Å². The van der Waals surface area contributed by atoms with E-state index < -0.39 is 5.82 Å². The third kappa shape index (κ3) is 3.07. The zero-order valence-corrected chi connectivity index (χ0v) is 12.0. The van der Waals surface area contributed by atoms with Crippen LogP contribution in [0.2, 0.25) is 10.0 Å². The van der Waals surface area contributed by atoms with E-state index in [9.17, 15) is 4.39 Å². The molecule has 0 atom stereocenters. The summed E-state index contributed by atoms with van der Waals surface area (Å²) in [4.78, 5) is 0. The van der Waals surface area contributed by atoms with E-state index in [0.717, 1.165) is 0 Å².